The van der Waals surface area contributed by atoms with Gasteiger partial charge in [-0.1, -0.05) is 68.8 Å². The van der Waals surface area contributed by atoms with Crippen LogP contribution < -0.4 is 5.32 Å². The summed E-state index contributed by atoms with van der Waals surface area (Å²) in [6.07, 6.45) is 1.20. The fourth-order valence-corrected chi connectivity index (χ4v) is 4.38. The van der Waals surface area contributed by atoms with Crippen molar-refractivity contribution in [1.82, 2.24) is 10.2 Å². The van der Waals surface area contributed by atoms with E-state index in [-0.39, 0.29) is 24.8 Å². The monoisotopic (exact) mass is 404 g/mol. The van der Waals surface area contributed by atoms with Gasteiger partial charge in [0.1, 0.15) is 0 Å². The smallest absolute Gasteiger partial charge is 0.0386 e. The average Bonchev–Trinajstić information content (AvgIpc) is 2.68. The fourth-order valence-electron chi connectivity index (χ4n) is 4.38. The van der Waals surface area contributed by atoms with E-state index < -0.39 is 0 Å². The highest BCUT2D eigenvalue weighted by molar-refractivity contribution is 6.02. The van der Waals surface area contributed by atoms with E-state index in [1.54, 1.807) is 0 Å². The predicted molar refractivity (Wildman–Crippen MR) is 123 cm³/mol. The Bertz CT molecular complexity index is 821. The van der Waals surface area contributed by atoms with Crippen LogP contribution in [0, 0.1) is 5.92 Å². The molecule has 0 aromatic heterocycles. The molecule has 1 aliphatic rings. The Kier molecular flexibility index (Phi) is 7.93. The van der Waals surface area contributed by atoms with Gasteiger partial charge in [-0.3, -0.25) is 4.90 Å². The second kappa shape index (κ2) is 9.75. The van der Waals surface area contributed by atoms with Crippen LogP contribution in [0.5, 0.6) is 0 Å². The van der Waals surface area contributed by atoms with Crippen LogP contribution in [0.15, 0.2) is 54.6 Å². The molecule has 0 aliphatic carbocycles. The molecular weight excluding hydrogens is 375 g/mol. The summed E-state index contributed by atoms with van der Waals surface area (Å²) in [6, 6.07) is 20.7. The Hall–Kier alpha value is -1.32. The summed E-state index contributed by atoms with van der Waals surface area (Å²) in [6.45, 7) is 9.20. The predicted octanol–water partition coefficient (Wildman–Crippen LogP) is 5.83. The van der Waals surface area contributed by atoms with Gasteiger partial charge < -0.3 is 5.32 Å². The first-order valence-electron chi connectivity index (χ1n) is 9.64. The molecule has 1 N–H and O–H groups in total. The topological polar surface area (TPSA) is 15.3 Å². The van der Waals surface area contributed by atoms with E-state index in [2.05, 4.69) is 78.7 Å². The van der Waals surface area contributed by atoms with E-state index >= 15 is 0 Å². The summed E-state index contributed by atoms with van der Waals surface area (Å²) in [5.74, 6) is 0.632. The highest BCUT2D eigenvalue weighted by atomic mass is 35.5. The first kappa shape index (κ1) is 22.0. The van der Waals surface area contributed by atoms with Gasteiger partial charge in [-0.25, -0.2) is 0 Å². The minimum absolute atomic E-state index is 0. The number of piperazine rings is 1. The third-order valence-corrected chi connectivity index (χ3v) is 5.84. The van der Waals surface area contributed by atoms with Crippen LogP contribution in [0.3, 0.4) is 0 Å². The molecule has 146 valence electrons. The van der Waals surface area contributed by atoms with Gasteiger partial charge in [-0.2, -0.15) is 0 Å². The van der Waals surface area contributed by atoms with Crippen LogP contribution in [-0.4, -0.2) is 31.1 Å². The van der Waals surface area contributed by atoms with Gasteiger partial charge in [0.15, 0.2) is 0 Å². The molecule has 0 bridgehead atoms. The number of hydrogen-bond donors (Lipinski definition) is 1. The second-order valence-corrected chi connectivity index (χ2v) is 7.35. The van der Waals surface area contributed by atoms with E-state index in [9.17, 15) is 0 Å². The maximum absolute atomic E-state index is 3.51. The minimum atomic E-state index is 0. The van der Waals surface area contributed by atoms with Crippen molar-refractivity contribution in [2.45, 2.75) is 26.3 Å². The molecule has 3 aromatic rings. The molecule has 1 saturated heterocycles. The van der Waals surface area contributed by atoms with Crippen LogP contribution in [0.1, 0.15) is 31.9 Å². The molecule has 1 unspecified atom stereocenters. The maximum Gasteiger partial charge on any atom is 0.0386 e. The Morgan fingerprint density at radius 1 is 0.889 bits per heavy atom. The Labute approximate surface area is 175 Å². The maximum atomic E-state index is 3.51. The zero-order valence-electron chi connectivity index (χ0n) is 16.2. The molecule has 1 aliphatic heterocycles. The van der Waals surface area contributed by atoms with Crippen molar-refractivity contribution in [1.29, 1.82) is 0 Å². The van der Waals surface area contributed by atoms with Crippen molar-refractivity contribution < 1.29 is 0 Å². The third-order valence-electron chi connectivity index (χ3n) is 5.84. The van der Waals surface area contributed by atoms with Gasteiger partial charge in [0.05, 0.1) is 0 Å². The molecule has 0 amide bonds. The van der Waals surface area contributed by atoms with Gasteiger partial charge in [0.25, 0.3) is 0 Å². The molecule has 2 nitrogen and oxygen atoms in total. The zero-order chi connectivity index (χ0) is 17.2. The number of nitrogens with zero attached hydrogens (tertiary/aromatic N) is 1. The number of nitrogens with one attached hydrogen (secondary N) is 1. The summed E-state index contributed by atoms with van der Waals surface area (Å²) in [4.78, 5) is 2.71. The van der Waals surface area contributed by atoms with Crippen molar-refractivity contribution in [3.05, 3.63) is 60.2 Å². The molecule has 4 heteroatoms. The molecule has 0 spiro atoms. The average molecular weight is 405 g/mol. The van der Waals surface area contributed by atoms with E-state index in [1.807, 2.05) is 0 Å². The number of halogens is 2. The quantitative estimate of drug-likeness (QED) is 0.550. The largest absolute Gasteiger partial charge is 0.314 e. The van der Waals surface area contributed by atoms with E-state index in [1.165, 1.54) is 33.5 Å². The minimum Gasteiger partial charge on any atom is -0.314 e. The van der Waals surface area contributed by atoms with Crippen LogP contribution >= 0.6 is 24.8 Å². The number of hydrogen-bond acceptors (Lipinski definition) is 2. The molecule has 0 radical (unpaired) electrons. The van der Waals surface area contributed by atoms with Gasteiger partial charge >= 0.3 is 0 Å². The Balaban J connectivity index is 0.00000131. The van der Waals surface area contributed by atoms with Gasteiger partial charge in [0, 0.05) is 32.2 Å². The lowest BCUT2D eigenvalue weighted by Crippen LogP contribution is -2.46. The van der Waals surface area contributed by atoms with Crippen LogP contribution in [-0.2, 0) is 0 Å². The molecule has 1 fully saturated rings. The van der Waals surface area contributed by atoms with Crippen molar-refractivity contribution in [2.75, 3.05) is 26.2 Å². The standard InChI is InChI=1S/C23H28N2.2ClH/c1-3-17(2)23(25-14-12-24-13-15-25)22-20-10-6-4-8-18(20)16-19-9-5-7-11-21(19)22;;/h4-11,16-17,23-24H,3,12-15H2,1-2H3;2*1H/t17?,23-;;/m0../s1. The lowest BCUT2D eigenvalue weighted by atomic mass is 9.84. The first-order chi connectivity index (χ1) is 12.3. The first-order valence-corrected chi connectivity index (χ1v) is 9.64. The van der Waals surface area contributed by atoms with Crippen LogP contribution in [0.25, 0.3) is 21.5 Å². The normalized spacial score (nSPS) is 17.1. The number of rotatable bonds is 4. The summed E-state index contributed by atoms with van der Waals surface area (Å²) in [5.41, 5.74) is 1.53. The van der Waals surface area contributed by atoms with Crippen LogP contribution in [0.4, 0.5) is 0 Å². The Morgan fingerprint density at radius 2 is 1.41 bits per heavy atom. The lowest BCUT2D eigenvalue weighted by molar-refractivity contribution is 0.130. The van der Waals surface area contributed by atoms with Crippen molar-refractivity contribution in [2.24, 2.45) is 5.92 Å². The lowest BCUT2D eigenvalue weighted by Gasteiger charge is -2.39. The van der Waals surface area contributed by atoms with E-state index in [0.29, 0.717) is 12.0 Å². The molecule has 3 aromatic carbocycles. The number of fused-ring (bicyclic) bond motifs is 2. The summed E-state index contributed by atoms with van der Waals surface area (Å²) >= 11 is 0. The second-order valence-electron chi connectivity index (χ2n) is 7.35. The SMILES string of the molecule is CCC(C)[C@@H](c1c2ccccc2cc2ccccc12)N1CCNCC1.Cl.Cl. The van der Waals surface area contributed by atoms with E-state index in [4.69, 9.17) is 0 Å². The van der Waals surface area contributed by atoms with Crippen molar-refractivity contribution in [3.63, 3.8) is 0 Å². The summed E-state index contributed by atoms with van der Waals surface area (Å²) < 4.78 is 0. The molecule has 27 heavy (non-hydrogen) atoms. The summed E-state index contributed by atoms with van der Waals surface area (Å²) in [7, 11) is 0. The molecule has 0 saturated carbocycles. The number of benzene rings is 3. The molecule has 4 rings (SSSR count). The van der Waals surface area contributed by atoms with Gasteiger partial charge in [0.2, 0.25) is 0 Å². The van der Waals surface area contributed by atoms with Gasteiger partial charge in [-0.05, 0) is 39.1 Å². The van der Waals surface area contributed by atoms with Crippen LogP contribution in [0.2, 0.25) is 0 Å². The highest BCUT2D eigenvalue weighted by Crippen LogP contribution is 2.40. The van der Waals surface area contributed by atoms with Gasteiger partial charge in [-0.15, -0.1) is 24.8 Å². The zero-order valence-corrected chi connectivity index (χ0v) is 17.8. The molecule has 2 atom stereocenters. The molecular formula is C23H30Cl2N2. The van der Waals surface area contributed by atoms with E-state index in [0.717, 1.165) is 26.2 Å². The van der Waals surface area contributed by atoms with Crippen molar-refractivity contribution >= 4 is 46.4 Å². The summed E-state index contributed by atoms with van der Waals surface area (Å²) in [5, 5.41) is 9.07. The Morgan fingerprint density at radius 3 is 1.93 bits per heavy atom. The fraction of sp³-hybridized carbons (Fsp3) is 0.391. The third kappa shape index (κ3) is 4.25. The van der Waals surface area contributed by atoms with Crippen molar-refractivity contribution in [3.8, 4) is 0 Å². The highest BCUT2D eigenvalue weighted by Gasteiger charge is 2.29. The molecule has 1 heterocycles.